The molecule has 0 spiro atoms. The van der Waals surface area contributed by atoms with Gasteiger partial charge in [-0.1, -0.05) is 0 Å². The first kappa shape index (κ1) is 22.6. The first-order chi connectivity index (χ1) is 12.7. The Morgan fingerprint density at radius 3 is 2.41 bits per heavy atom. The number of sulfonamides is 1. The molecule has 0 aromatic rings. The quantitative estimate of drug-likeness (QED) is 0.500. The summed E-state index contributed by atoms with van der Waals surface area (Å²) in [5.74, 6) is 0.817. The molecule has 11 heteroatoms. The zero-order valence-electron chi connectivity index (χ0n) is 15.8. The maximum Gasteiger partial charge on any atom is 0.511 e. The lowest BCUT2D eigenvalue weighted by Gasteiger charge is -2.31. The van der Waals surface area contributed by atoms with Gasteiger partial charge >= 0.3 is 15.5 Å². The largest absolute Gasteiger partial charge is 0.511 e. The maximum atomic E-state index is 12.6. The summed E-state index contributed by atoms with van der Waals surface area (Å²) < 4.78 is 61.4. The fourth-order valence-corrected chi connectivity index (χ4v) is 5.28. The van der Waals surface area contributed by atoms with Crippen molar-refractivity contribution in [2.45, 2.75) is 55.8 Å². The molecule has 1 saturated heterocycles. The van der Waals surface area contributed by atoms with Gasteiger partial charge in [0.05, 0.1) is 0 Å². The van der Waals surface area contributed by atoms with Crippen molar-refractivity contribution < 1.29 is 21.6 Å². The molecule has 2 aliphatic rings. The van der Waals surface area contributed by atoms with Crippen molar-refractivity contribution in [1.29, 1.82) is 0 Å². The molecule has 2 N–H and O–H groups in total. The molecule has 27 heavy (non-hydrogen) atoms. The molecule has 2 unspecified atom stereocenters. The standard InChI is InChI=1S/C16H29F3N4O2S2/c1-3-20-15(22-13-4-5-14(10-13)26-2)21-11-12-6-8-23(9-7-12)27(24,25)16(17,18)19/h12-14H,3-11H2,1-2H3,(H2,20,21,22). The summed E-state index contributed by atoms with van der Waals surface area (Å²) in [6.07, 6.45) is 6.28. The van der Waals surface area contributed by atoms with E-state index in [1.807, 2.05) is 18.7 Å². The molecule has 1 aliphatic heterocycles. The summed E-state index contributed by atoms with van der Waals surface area (Å²) in [5, 5.41) is 7.33. The predicted octanol–water partition coefficient (Wildman–Crippen LogP) is 2.39. The molecule has 6 nitrogen and oxygen atoms in total. The number of alkyl halides is 3. The van der Waals surface area contributed by atoms with Crippen molar-refractivity contribution in [2.24, 2.45) is 10.9 Å². The van der Waals surface area contributed by atoms with Crippen LogP contribution in [-0.4, -0.2) is 67.9 Å². The Hall–Kier alpha value is -0.680. The van der Waals surface area contributed by atoms with Crippen LogP contribution in [0.1, 0.15) is 39.0 Å². The zero-order chi connectivity index (χ0) is 20.1. The van der Waals surface area contributed by atoms with Crippen LogP contribution in [0.5, 0.6) is 0 Å². The van der Waals surface area contributed by atoms with E-state index in [9.17, 15) is 21.6 Å². The van der Waals surface area contributed by atoms with E-state index < -0.39 is 15.5 Å². The SMILES string of the molecule is CCNC(=NCC1CCN(S(=O)(=O)C(F)(F)F)CC1)NC1CCC(SC)C1. The smallest absolute Gasteiger partial charge is 0.357 e. The molecule has 1 saturated carbocycles. The van der Waals surface area contributed by atoms with Gasteiger partial charge in [0, 0.05) is 37.5 Å². The molecule has 0 aromatic heterocycles. The number of thioether (sulfide) groups is 1. The fraction of sp³-hybridized carbons (Fsp3) is 0.938. The van der Waals surface area contributed by atoms with Gasteiger partial charge in [-0.3, -0.25) is 4.99 Å². The molecule has 1 heterocycles. The van der Waals surface area contributed by atoms with Gasteiger partial charge in [0.25, 0.3) is 0 Å². The second-order valence-corrected chi connectivity index (χ2v) is 10.1. The summed E-state index contributed by atoms with van der Waals surface area (Å²) in [7, 11) is -5.22. The number of nitrogens with zero attached hydrogens (tertiary/aromatic N) is 2. The van der Waals surface area contributed by atoms with Crippen molar-refractivity contribution >= 4 is 27.7 Å². The molecule has 2 fully saturated rings. The second-order valence-electron chi connectivity index (χ2n) is 7.02. The first-order valence-electron chi connectivity index (χ1n) is 9.31. The third-order valence-corrected chi connectivity index (χ3v) is 7.84. The van der Waals surface area contributed by atoms with Gasteiger partial charge in [-0.15, -0.1) is 0 Å². The van der Waals surface area contributed by atoms with E-state index in [1.54, 1.807) is 0 Å². The zero-order valence-corrected chi connectivity index (χ0v) is 17.4. The van der Waals surface area contributed by atoms with E-state index in [2.05, 4.69) is 21.9 Å². The molecular weight excluding hydrogens is 401 g/mol. The summed E-state index contributed by atoms with van der Waals surface area (Å²) >= 11 is 1.88. The van der Waals surface area contributed by atoms with E-state index in [0.717, 1.165) is 25.3 Å². The summed E-state index contributed by atoms with van der Waals surface area (Å²) in [5.41, 5.74) is -5.23. The second kappa shape index (κ2) is 9.69. The normalized spacial score (nSPS) is 26.3. The number of nitrogens with one attached hydrogen (secondary N) is 2. The lowest BCUT2D eigenvalue weighted by molar-refractivity contribution is -0.0496. The molecule has 1 aliphatic carbocycles. The average molecular weight is 431 g/mol. The Balaban J connectivity index is 1.85. The van der Waals surface area contributed by atoms with E-state index in [0.29, 0.717) is 35.0 Å². The molecule has 0 bridgehead atoms. The third-order valence-electron chi connectivity index (χ3n) is 5.12. The highest BCUT2D eigenvalue weighted by Crippen LogP contribution is 2.30. The number of guanidine groups is 1. The maximum absolute atomic E-state index is 12.6. The Bertz CT molecular complexity index is 605. The van der Waals surface area contributed by atoms with Crippen LogP contribution in [0.15, 0.2) is 4.99 Å². The van der Waals surface area contributed by atoms with Crippen LogP contribution in [0.25, 0.3) is 0 Å². The van der Waals surface area contributed by atoms with Crippen molar-refractivity contribution in [2.75, 3.05) is 32.4 Å². The van der Waals surface area contributed by atoms with Crippen LogP contribution >= 0.6 is 11.8 Å². The minimum Gasteiger partial charge on any atom is -0.357 e. The van der Waals surface area contributed by atoms with Gasteiger partial charge in [0.1, 0.15) is 0 Å². The number of hydrogen-bond acceptors (Lipinski definition) is 4. The van der Waals surface area contributed by atoms with Crippen LogP contribution in [0.3, 0.4) is 0 Å². The Morgan fingerprint density at radius 2 is 1.89 bits per heavy atom. The van der Waals surface area contributed by atoms with Crippen LogP contribution in [0.4, 0.5) is 13.2 Å². The number of halogens is 3. The van der Waals surface area contributed by atoms with E-state index in [-0.39, 0.29) is 19.0 Å². The molecule has 0 radical (unpaired) electrons. The number of piperidine rings is 1. The van der Waals surface area contributed by atoms with Gasteiger partial charge in [-0.2, -0.15) is 29.2 Å². The highest BCUT2D eigenvalue weighted by Gasteiger charge is 2.50. The fourth-order valence-electron chi connectivity index (χ4n) is 3.50. The number of aliphatic imine (C=N–C) groups is 1. The van der Waals surface area contributed by atoms with Gasteiger partial charge in [0.15, 0.2) is 5.96 Å². The van der Waals surface area contributed by atoms with Gasteiger partial charge < -0.3 is 10.6 Å². The lowest BCUT2D eigenvalue weighted by atomic mass is 9.98. The highest BCUT2D eigenvalue weighted by atomic mass is 32.2. The van der Waals surface area contributed by atoms with E-state index in [1.165, 1.54) is 6.42 Å². The Morgan fingerprint density at radius 1 is 1.22 bits per heavy atom. The van der Waals surface area contributed by atoms with Gasteiger partial charge in [-0.05, 0) is 51.2 Å². The predicted molar refractivity (Wildman–Crippen MR) is 103 cm³/mol. The summed E-state index contributed by atoms with van der Waals surface area (Å²) in [6, 6.07) is 0.388. The van der Waals surface area contributed by atoms with Crippen molar-refractivity contribution in [3.8, 4) is 0 Å². The molecule has 0 aromatic carbocycles. The van der Waals surface area contributed by atoms with Crippen molar-refractivity contribution in [1.82, 2.24) is 14.9 Å². The highest BCUT2D eigenvalue weighted by molar-refractivity contribution is 7.99. The minimum atomic E-state index is -5.23. The number of hydrogen-bond donors (Lipinski definition) is 2. The van der Waals surface area contributed by atoms with E-state index >= 15 is 0 Å². The first-order valence-corrected chi connectivity index (χ1v) is 12.0. The Kier molecular flexibility index (Phi) is 8.11. The molecule has 2 rings (SSSR count). The molecule has 0 amide bonds. The summed E-state index contributed by atoms with van der Waals surface area (Å²) in [6.45, 7) is 2.98. The lowest BCUT2D eigenvalue weighted by Crippen LogP contribution is -2.45. The van der Waals surface area contributed by atoms with Crippen LogP contribution in [0, 0.1) is 5.92 Å². The molecule has 158 valence electrons. The number of rotatable bonds is 6. The van der Waals surface area contributed by atoms with Gasteiger partial charge in [-0.25, -0.2) is 8.42 Å². The van der Waals surface area contributed by atoms with Crippen LogP contribution < -0.4 is 10.6 Å². The van der Waals surface area contributed by atoms with E-state index in [4.69, 9.17) is 0 Å². The Labute approximate surface area is 163 Å². The van der Waals surface area contributed by atoms with Crippen LogP contribution in [-0.2, 0) is 10.0 Å². The van der Waals surface area contributed by atoms with Crippen molar-refractivity contribution in [3.63, 3.8) is 0 Å². The third kappa shape index (κ3) is 6.15. The topological polar surface area (TPSA) is 73.8 Å². The van der Waals surface area contributed by atoms with Crippen LogP contribution in [0.2, 0.25) is 0 Å². The molecular formula is C16H29F3N4O2S2. The molecule has 2 atom stereocenters. The summed E-state index contributed by atoms with van der Waals surface area (Å²) in [4.78, 5) is 4.58. The average Bonchev–Trinajstić information content (AvgIpc) is 3.07. The monoisotopic (exact) mass is 430 g/mol. The van der Waals surface area contributed by atoms with Crippen molar-refractivity contribution in [3.05, 3.63) is 0 Å². The minimum absolute atomic E-state index is 0.0858. The van der Waals surface area contributed by atoms with Gasteiger partial charge in [0.2, 0.25) is 0 Å².